The number of ether oxygens (including phenoxy) is 1. The van der Waals surface area contributed by atoms with Crippen molar-refractivity contribution in [3.8, 4) is 0 Å². The number of hydrogen-bond donors (Lipinski definition) is 0. The molecule has 0 spiro atoms. The summed E-state index contributed by atoms with van der Waals surface area (Å²) in [7, 11) is 0. The van der Waals surface area contributed by atoms with Crippen LogP contribution < -0.4 is 0 Å². The molecule has 1 unspecified atom stereocenters. The molecule has 1 aromatic rings. The highest BCUT2D eigenvalue weighted by atomic mass is 35.5. The number of likely N-dealkylation sites (tertiary alicyclic amines) is 1. The summed E-state index contributed by atoms with van der Waals surface area (Å²) < 4.78 is 5.36. The van der Waals surface area contributed by atoms with Gasteiger partial charge in [-0.05, 0) is 38.5 Å². The number of Topliss-reactive ketones (excluding diaryl/α,β-unsaturated/α-hetero) is 1. The molecule has 2 heterocycles. The molecule has 0 aliphatic carbocycles. The van der Waals surface area contributed by atoms with E-state index in [-0.39, 0.29) is 17.8 Å². The van der Waals surface area contributed by atoms with Crippen molar-refractivity contribution < 1.29 is 14.3 Å². The highest BCUT2D eigenvalue weighted by Crippen LogP contribution is 2.26. The second-order valence-corrected chi connectivity index (χ2v) is 6.49. The summed E-state index contributed by atoms with van der Waals surface area (Å²) in [6.45, 7) is 6.16. The van der Waals surface area contributed by atoms with E-state index in [1.54, 1.807) is 23.2 Å². The molecule has 6 heteroatoms. The van der Waals surface area contributed by atoms with Crippen LogP contribution in [0.2, 0.25) is 5.15 Å². The fourth-order valence-electron chi connectivity index (χ4n) is 2.25. The average Bonchev–Trinajstić information content (AvgIpc) is 2.37. The van der Waals surface area contributed by atoms with Gasteiger partial charge in [-0.15, -0.1) is 0 Å². The molecule has 1 atom stereocenters. The highest BCUT2D eigenvalue weighted by molar-refractivity contribution is 6.29. The van der Waals surface area contributed by atoms with Crippen LogP contribution in [0, 0.1) is 0 Å². The van der Waals surface area contributed by atoms with Crippen molar-refractivity contribution in [3.63, 3.8) is 0 Å². The zero-order valence-corrected chi connectivity index (χ0v) is 13.2. The second-order valence-electron chi connectivity index (χ2n) is 6.11. The lowest BCUT2D eigenvalue weighted by Crippen LogP contribution is -2.45. The van der Waals surface area contributed by atoms with Crippen LogP contribution in [0.4, 0.5) is 4.79 Å². The Bertz CT molecular complexity index is 554. The standard InChI is InChI=1S/C15H19ClN2O3/c1-15(2,3)21-14(20)18-7-5-12(19)11(9-18)10-4-6-17-13(16)8-10/h4,6,8,11H,5,7,9H2,1-3H3. The Morgan fingerprint density at radius 3 is 2.81 bits per heavy atom. The summed E-state index contributed by atoms with van der Waals surface area (Å²) in [5.74, 6) is -0.260. The fraction of sp³-hybridized carbons (Fsp3) is 0.533. The predicted molar refractivity (Wildman–Crippen MR) is 79.4 cm³/mol. The SMILES string of the molecule is CC(C)(C)OC(=O)N1CCC(=O)C(c2ccnc(Cl)c2)C1. The summed E-state index contributed by atoms with van der Waals surface area (Å²) in [6.07, 6.45) is 1.50. The third-order valence-corrected chi connectivity index (χ3v) is 3.43. The van der Waals surface area contributed by atoms with E-state index >= 15 is 0 Å². The van der Waals surface area contributed by atoms with Crippen LogP contribution in [0.25, 0.3) is 0 Å². The number of pyridine rings is 1. The topological polar surface area (TPSA) is 59.5 Å². The second kappa shape index (κ2) is 6.02. The van der Waals surface area contributed by atoms with Gasteiger partial charge in [-0.2, -0.15) is 0 Å². The number of hydrogen-bond acceptors (Lipinski definition) is 4. The Morgan fingerprint density at radius 1 is 1.48 bits per heavy atom. The Hall–Kier alpha value is -1.62. The van der Waals surface area contributed by atoms with Crippen molar-refractivity contribution in [2.75, 3.05) is 13.1 Å². The number of ketones is 1. The first-order chi connectivity index (χ1) is 9.76. The van der Waals surface area contributed by atoms with Crippen molar-refractivity contribution in [2.45, 2.75) is 38.7 Å². The first-order valence-electron chi connectivity index (χ1n) is 6.88. The molecular formula is C15H19ClN2O3. The average molecular weight is 311 g/mol. The first-order valence-corrected chi connectivity index (χ1v) is 7.26. The number of nitrogens with zero attached hydrogens (tertiary/aromatic N) is 2. The molecule has 1 saturated heterocycles. The number of carbonyl (C=O) groups excluding carboxylic acids is 2. The van der Waals surface area contributed by atoms with E-state index in [2.05, 4.69) is 4.98 Å². The van der Waals surface area contributed by atoms with Crippen molar-refractivity contribution in [1.82, 2.24) is 9.88 Å². The molecule has 1 amide bonds. The summed E-state index contributed by atoms with van der Waals surface area (Å²) >= 11 is 5.87. The Morgan fingerprint density at radius 2 is 2.19 bits per heavy atom. The van der Waals surface area contributed by atoms with Crippen molar-refractivity contribution in [3.05, 3.63) is 29.0 Å². The Balaban J connectivity index is 2.13. The van der Waals surface area contributed by atoms with Crippen LogP contribution in [0.15, 0.2) is 18.3 Å². The quantitative estimate of drug-likeness (QED) is 0.748. The van der Waals surface area contributed by atoms with Gasteiger partial charge >= 0.3 is 6.09 Å². The van der Waals surface area contributed by atoms with Crippen LogP contribution >= 0.6 is 11.6 Å². The zero-order valence-electron chi connectivity index (χ0n) is 12.4. The molecule has 1 aliphatic heterocycles. The van der Waals surface area contributed by atoms with Gasteiger partial charge in [0.2, 0.25) is 0 Å². The van der Waals surface area contributed by atoms with Gasteiger partial charge < -0.3 is 9.64 Å². The van der Waals surface area contributed by atoms with E-state index in [1.807, 2.05) is 20.8 Å². The van der Waals surface area contributed by atoms with Crippen LogP contribution in [0.1, 0.15) is 38.7 Å². The van der Waals surface area contributed by atoms with Gasteiger partial charge in [0, 0.05) is 25.7 Å². The summed E-state index contributed by atoms with van der Waals surface area (Å²) in [4.78, 5) is 29.7. The third kappa shape index (κ3) is 4.17. The lowest BCUT2D eigenvalue weighted by atomic mass is 9.90. The number of carbonyl (C=O) groups is 2. The minimum Gasteiger partial charge on any atom is -0.444 e. The molecule has 0 bridgehead atoms. The number of amides is 1. The monoisotopic (exact) mass is 310 g/mol. The van der Waals surface area contributed by atoms with Gasteiger partial charge in [0.15, 0.2) is 0 Å². The maximum atomic E-state index is 12.1. The normalized spacial score (nSPS) is 19.5. The molecule has 21 heavy (non-hydrogen) atoms. The molecule has 0 saturated carbocycles. The van der Waals surface area contributed by atoms with Crippen molar-refractivity contribution in [2.24, 2.45) is 0 Å². The molecular weight excluding hydrogens is 292 g/mol. The zero-order chi connectivity index (χ0) is 15.6. The van der Waals surface area contributed by atoms with E-state index in [0.717, 1.165) is 5.56 Å². The maximum absolute atomic E-state index is 12.1. The summed E-state index contributed by atoms with van der Waals surface area (Å²) in [6, 6.07) is 3.43. The smallest absolute Gasteiger partial charge is 0.410 e. The van der Waals surface area contributed by atoms with Crippen molar-refractivity contribution >= 4 is 23.5 Å². The molecule has 1 fully saturated rings. The minimum absolute atomic E-state index is 0.108. The van der Waals surface area contributed by atoms with Gasteiger partial charge in [0.25, 0.3) is 0 Å². The number of aromatic nitrogens is 1. The lowest BCUT2D eigenvalue weighted by Gasteiger charge is -2.33. The Labute approximate surface area is 129 Å². The first kappa shape index (κ1) is 15.8. The molecule has 0 radical (unpaired) electrons. The van der Waals surface area contributed by atoms with E-state index in [9.17, 15) is 9.59 Å². The molecule has 0 N–H and O–H groups in total. The molecule has 5 nitrogen and oxygen atoms in total. The van der Waals surface area contributed by atoms with Gasteiger partial charge in [0.1, 0.15) is 16.5 Å². The van der Waals surface area contributed by atoms with E-state index in [4.69, 9.17) is 16.3 Å². The molecule has 0 aromatic carbocycles. The van der Waals surface area contributed by atoms with Gasteiger partial charge in [-0.1, -0.05) is 11.6 Å². The number of halogens is 1. The minimum atomic E-state index is -0.548. The number of piperidine rings is 1. The predicted octanol–water partition coefficient (Wildman–Crippen LogP) is 3.03. The summed E-state index contributed by atoms with van der Waals surface area (Å²) in [5, 5.41) is 0.342. The maximum Gasteiger partial charge on any atom is 0.410 e. The van der Waals surface area contributed by atoms with Crippen LogP contribution in [-0.4, -0.2) is 40.5 Å². The van der Waals surface area contributed by atoms with Gasteiger partial charge in [-0.3, -0.25) is 4.79 Å². The third-order valence-electron chi connectivity index (χ3n) is 3.22. The Kier molecular flexibility index (Phi) is 4.52. The number of rotatable bonds is 1. The van der Waals surface area contributed by atoms with E-state index in [1.165, 1.54) is 0 Å². The van der Waals surface area contributed by atoms with Gasteiger partial charge in [0.05, 0.1) is 5.92 Å². The van der Waals surface area contributed by atoms with E-state index < -0.39 is 5.60 Å². The van der Waals surface area contributed by atoms with Crippen LogP contribution in [0.5, 0.6) is 0 Å². The van der Waals surface area contributed by atoms with Gasteiger partial charge in [-0.25, -0.2) is 9.78 Å². The fourth-order valence-corrected chi connectivity index (χ4v) is 2.43. The van der Waals surface area contributed by atoms with Crippen molar-refractivity contribution in [1.29, 1.82) is 0 Å². The molecule has 1 aliphatic rings. The molecule has 114 valence electrons. The lowest BCUT2D eigenvalue weighted by molar-refractivity contribution is -0.123. The molecule has 2 rings (SSSR count). The van der Waals surface area contributed by atoms with Crippen LogP contribution in [-0.2, 0) is 9.53 Å². The highest BCUT2D eigenvalue weighted by Gasteiger charge is 2.33. The summed E-state index contributed by atoms with van der Waals surface area (Å²) in [5.41, 5.74) is 0.238. The molecule has 1 aromatic heterocycles. The largest absolute Gasteiger partial charge is 0.444 e. The van der Waals surface area contributed by atoms with Crippen LogP contribution in [0.3, 0.4) is 0 Å². The van der Waals surface area contributed by atoms with E-state index in [0.29, 0.717) is 24.7 Å².